The molecule has 4 heteroatoms. The molecule has 1 saturated heterocycles. The monoisotopic (exact) mass is 257 g/mol. The van der Waals surface area contributed by atoms with Gasteiger partial charge in [0.2, 0.25) is 0 Å². The van der Waals surface area contributed by atoms with Gasteiger partial charge in [0.05, 0.1) is 6.61 Å². The van der Waals surface area contributed by atoms with Crippen LogP contribution in [0.15, 0.2) is 0 Å². The third-order valence-corrected chi connectivity index (χ3v) is 3.66. The van der Waals surface area contributed by atoms with Crippen molar-refractivity contribution in [2.45, 2.75) is 32.2 Å². The number of nitrogens with one attached hydrogen (secondary N) is 1. The van der Waals surface area contributed by atoms with Gasteiger partial charge in [-0.1, -0.05) is 6.92 Å². The average molecular weight is 257 g/mol. The van der Waals surface area contributed by atoms with Crippen LogP contribution in [0.25, 0.3) is 0 Å². The minimum absolute atomic E-state index is 0.711. The second-order valence-electron chi connectivity index (χ2n) is 5.39. The van der Waals surface area contributed by atoms with Gasteiger partial charge in [-0.2, -0.15) is 0 Å². The first-order valence-electron chi connectivity index (χ1n) is 7.39. The Labute approximate surface area is 113 Å². The van der Waals surface area contributed by atoms with Crippen molar-refractivity contribution in [3.63, 3.8) is 0 Å². The molecule has 0 aromatic heterocycles. The highest BCUT2D eigenvalue weighted by atomic mass is 16.5. The molecule has 0 spiro atoms. The highest BCUT2D eigenvalue weighted by Crippen LogP contribution is 2.09. The van der Waals surface area contributed by atoms with E-state index in [-0.39, 0.29) is 0 Å². The number of piperidine rings is 1. The summed E-state index contributed by atoms with van der Waals surface area (Å²) in [5.74, 6) is 0. The maximum Gasteiger partial charge on any atom is 0.0589 e. The Morgan fingerprint density at radius 3 is 2.94 bits per heavy atom. The van der Waals surface area contributed by atoms with E-state index >= 15 is 0 Å². The third-order valence-electron chi connectivity index (χ3n) is 3.66. The number of likely N-dealkylation sites (N-methyl/N-ethyl adjacent to an activating group) is 1. The van der Waals surface area contributed by atoms with Crippen molar-refractivity contribution in [3.8, 4) is 0 Å². The average Bonchev–Trinajstić information content (AvgIpc) is 2.41. The Morgan fingerprint density at radius 1 is 1.39 bits per heavy atom. The number of hydrogen-bond acceptors (Lipinski definition) is 4. The molecule has 0 aromatic rings. The molecule has 0 aliphatic carbocycles. The van der Waals surface area contributed by atoms with E-state index < -0.39 is 0 Å². The van der Waals surface area contributed by atoms with Gasteiger partial charge in [0.25, 0.3) is 0 Å². The lowest BCUT2D eigenvalue weighted by atomic mass is 10.1. The van der Waals surface area contributed by atoms with E-state index in [1.54, 1.807) is 7.11 Å². The second-order valence-corrected chi connectivity index (χ2v) is 5.39. The first kappa shape index (κ1) is 15.9. The summed E-state index contributed by atoms with van der Waals surface area (Å²) in [5, 5.41) is 3.65. The highest BCUT2D eigenvalue weighted by Gasteiger charge is 2.18. The first-order chi connectivity index (χ1) is 8.76. The lowest BCUT2D eigenvalue weighted by Crippen LogP contribution is -2.47. The molecule has 1 N–H and O–H groups in total. The van der Waals surface area contributed by atoms with Crippen LogP contribution in [0.3, 0.4) is 0 Å². The molecule has 0 bridgehead atoms. The zero-order chi connectivity index (χ0) is 13.2. The Morgan fingerprint density at radius 2 is 2.22 bits per heavy atom. The molecular weight excluding hydrogens is 226 g/mol. The van der Waals surface area contributed by atoms with Crippen molar-refractivity contribution < 1.29 is 4.74 Å². The summed E-state index contributed by atoms with van der Waals surface area (Å²) in [4.78, 5) is 4.95. The van der Waals surface area contributed by atoms with Gasteiger partial charge in [0, 0.05) is 39.3 Å². The van der Waals surface area contributed by atoms with Gasteiger partial charge in [-0.25, -0.2) is 0 Å². The fourth-order valence-electron chi connectivity index (χ4n) is 2.44. The first-order valence-corrected chi connectivity index (χ1v) is 7.39. The van der Waals surface area contributed by atoms with Crippen LogP contribution < -0.4 is 5.32 Å². The van der Waals surface area contributed by atoms with Gasteiger partial charge in [-0.15, -0.1) is 0 Å². The number of methoxy groups -OCH3 is 1. The zero-order valence-electron chi connectivity index (χ0n) is 12.5. The van der Waals surface area contributed by atoms with E-state index in [1.165, 1.54) is 38.9 Å². The predicted octanol–water partition coefficient (Wildman–Crippen LogP) is 1.03. The van der Waals surface area contributed by atoms with Crippen molar-refractivity contribution in [1.29, 1.82) is 0 Å². The quantitative estimate of drug-likeness (QED) is 0.668. The molecule has 0 saturated carbocycles. The Bertz CT molecular complexity index is 201. The predicted molar refractivity (Wildman–Crippen MR) is 77.1 cm³/mol. The SMILES string of the molecule is CCCNC1CCCN(CCN(C)CCOC)C1. The molecule has 1 aliphatic rings. The number of rotatable bonds is 9. The van der Waals surface area contributed by atoms with E-state index in [0.717, 1.165) is 26.2 Å². The molecular formula is C14H31N3O. The molecule has 108 valence electrons. The van der Waals surface area contributed by atoms with Crippen molar-refractivity contribution in [2.75, 3.05) is 60.0 Å². The molecule has 1 rings (SSSR count). The number of likely N-dealkylation sites (tertiary alicyclic amines) is 1. The Hall–Kier alpha value is -0.160. The second kappa shape index (κ2) is 9.73. The zero-order valence-corrected chi connectivity index (χ0v) is 12.5. The molecule has 1 heterocycles. The summed E-state index contributed by atoms with van der Waals surface area (Å²) in [6.45, 7) is 10.1. The topological polar surface area (TPSA) is 27.7 Å². The smallest absolute Gasteiger partial charge is 0.0589 e. The van der Waals surface area contributed by atoms with Gasteiger partial charge in [-0.05, 0) is 39.4 Å². The van der Waals surface area contributed by atoms with Crippen molar-refractivity contribution in [3.05, 3.63) is 0 Å². The molecule has 0 radical (unpaired) electrons. The van der Waals surface area contributed by atoms with E-state index in [4.69, 9.17) is 4.74 Å². The summed E-state index contributed by atoms with van der Waals surface area (Å²) in [5.41, 5.74) is 0. The summed E-state index contributed by atoms with van der Waals surface area (Å²) in [6, 6.07) is 0.711. The lowest BCUT2D eigenvalue weighted by Gasteiger charge is -2.34. The minimum atomic E-state index is 0.711. The van der Waals surface area contributed by atoms with Gasteiger partial charge in [0.15, 0.2) is 0 Å². The van der Waals surface area contributed by atoms with Crippen molar-refractivity contribution in [2.24, 2.45) is 0 Å². The highest BCUT2D eigenvalue weighted by molar-refractivity contribution is 4.78. The molecule has 1 aliphatic heterocycles. The van der Waals surface area contributed by atoms with Crippen LogP contribution >= 0.6 is 0 Å². The van der Waals surface area contributed by atoms with Crippen LogP contribution in [-0.4, -0.2) is 75.9 Å². The van der Waals surface area contributed by atoms with Crippen LogP contribution in [0.2, 0.25) is 0 Å². The van der Waals surface area contributed by atoms with Crippen LogP contribution in [0.4, 0.5) is 0 Å². The standard InChI is InChI=1S/C14H31N3O/c1-4-7-15-14-6-5-8-17(13-14)10-9-16(2)11-12-18-3/h14-15H,4-13H2,1-3H3. The molecule has 1 atom stereocenters. The summed E-state index contributed by atoms with van der Waals surface area (Å²) in [6.07, 6.45) is 3.91. The van der Waals surface area contributed by atoms with E-state index in [0.29, 0.717) is 6.04 Å². The normalized spacial score (nSPS) is 21.7. The maximum atomic E-state index is 5.10. The molecule has 4 nitrogen and oxygen atoms in total. The van der Waals surface area contributed by atoms with Gasteiger partial charge in [0.1, 0.15) is 0 Å². The fourth-order valence-corrected chi connectivity index (χ4v) is 2.44. The summed E-state index contributed by atoms with van der Waals surface area (Å²) < 4.78 is 5.10. The molecule has 0 aromatic carbocycles. The van der Waals surface area contributed by atoms with Crippen molar-refractivity contribution >= 4 is 0 Å². The summed E-state index contributed by atoms with van der Waals surface area (Å²) in [7, 11) is 3.94. The van der Waals surface area contributed by atoms with Crippen LogP contribution in [0, 0.1) is 0 Å². The Kier molecular flexibility index (Phi) is 8.59. The maximum absolute atomic E-state index is 5.10. The van der Waals surface area contributed by atoms with Crippen molar-refractivity contribution in [1.82, 2.24) is 15.1 Å². The van der Waals surface area contributed by atoms with Gasteiger partial charge in [-0.3, -0.25) is 0 Å². The number of ether oxygens (including phenoxy) is 1. The number of nitrogens with zero attached hydrogens (tertiary/aromatic N) is 2. The van der Waals surface area contributed by atoms with Crippen LogP contribution in [0.5, 0.6) is 0 Å². The van der Waals surface area contributed by atoms with Gasteiger partial charge >= 0.3 is 0 Å². The summed E-state index contributed by atoms with van der Waals surface area (Å²) >= 11 is 0. The van der Waals surface area contributed by atoms with Crippen LogP contribution in [0.1, 0.15) is 26.2 Å². The fraction of sp³-hybridized carbons (Fsp3) is 1.00. The third kappa shape index (κ3) is 6.69. The molecule has 18 heavy (non-hydrogen) atoms. The van der Waals surface area contributed by atoms with E-state index in [1.807, 2.05) is 0 Å². The number of hydrogen-bond donors (Lipinski definition) is 1. The van der Waals surface area contributed by atoms with Crippen LogP contribution in [-0.2, 0) is 4.74 Å². The molecule has 1 unspecified atom stereocenters. The lowest BCUT2D eigenvalue weighted by molar-refractivity contribution is 0.138. The molecule has 1 fully saturated rings. The van der Waals surface area contributed by atoms with E-state index in [9.17, 15) is 0 Å². The molecule has 0 amide bonds. The minimum Gasteiger partial charge on any atom is -0.383 e. The largest absolute Gasteiger partial charge is 0.383 e. The Balaban J connectivity index is 2.13. The van der Waals surface area contributed by atoms with Gasteiger partial charge < -0.3 is 19.9 Å². The van der Waals surface area contributed by atoms with E-state index in [2.05, 4.69) is 29.1 Å².